The molecule has 82 valence electrons. The van der Waals surface area contributed by atoms with Crippen molar-refractivity contribution in [2.75, 3.05) is 13.1 Å². The Balaban J connectivity index is 1.96. The van der Waals surface area contributed by atoms with E-state index < -0.39 is 0 Å². The quantitative estimate of drug-likeness (QED) is 0.713. The van der Waals surface area contributed by atoms with E-state index in [1.165, 1.54) is 30.6 Å². The molecule has 0 aliphatic carbocycles. The van der Waals surface area contributed by atoms with Gasteiger partial charge in [-0.15, -0.1) is 0 Å². The molecule has 0 atom stereocenters. The third-order valence-electron chi connectivity index (χ3n) is 3.28. The van der Waals surface area contributed by atoms with E-state index >= 15 is 0 Å². The third-order valence-corrected chi connectivity index (χ3v) is 3.28. The molecule has 1 fully saturated rings. The van der Waals surface area contributed by atoms with E-state index in [2.05, 4.69) is 49.9 Å². The van der Waals surface area contributed by atoms with Crippen molar-refractivity contribution in [2.45, 2.75) is 33.7 Å². The van der Waals surface area contributed by atoms with Gasteiger partial charge in [-0.05, 0) is 30.9 Å². The summed E-state index contributed by atoms with van der Waals surface area (Å²) in [4.78, 5) is 2.56. The number of hydrogen-bond acceptors (Lipinski definition) is 1. The van der Waals surface area contributed by atoms with Gasteiger partial charge in [0.1, 0.15) is 0 Å². The summed E-state index contributed by atoms with van der Waals surface area (Å²) < 4.78 is 0. The topological polar surface area (TPSA) is 3.24 Å². The van der Waals surface area contributed by atoms with Gasteiger partial charge < -0.3 is 0 Å². The molecule has 1 nitrogen and oxygen atoms in total. The molecule has 0 N–H and O–H groups in total. The Hall–Kier alpha value is -0.820. The van der Waals surface area contributed by atoms with E-state index in [0.29, 0.717) is 5.41 Å². The number of likely N-dealkylation sites (tertiary alicyclic amines) is 1. The lowest BCUT2D eigenvalue weighted by molar-refractivity contribution is 0.284. The summed E-state index contributed by atoms with van der Waals surface area (Å²) in [6, 6.07) is 8.91. The molecule has 0 saturated carbocycles. The monoisotopic (exact) mass is 203 g/mol. The minimum absolute atomic E-state index is 0.519. The molecular formula is C14H21N. The van der Waals surface area contributed by atoms with Crippen molar-refractivity contribution in [2.24, 2.45) is 5.41 Å². The standard InChI is InChI=1S/C14H21N/c1-12-4-6-13(7-5-12)10-15-9-8-14(2,3)11-15/h4-7H,8-11H2,1-3H3. The number of hydrogen-bond donors (Lipinski definition) is 0. The SMILES string of the molecule is Cc1ccc(CN2CCC(C)(C)C2)cc1. The molecular weight excluding hydrogens is 182 g/mol. The van der Waals surface area contributed by atoms with Crippen molar-refractivity contribution in [3.05, 3.63) is 35.4 Å². The van der Waals surface area contributed by atoms with Crippen LogP contribution in [0.2, 0.25) is 0 Å². The Bertz CT molecular complexity index is 324. The van der Waals surface area contributed by atoms with Crippen molar-refractivity contribution >= 4 is 0 Å². The van der Waals surface area contributed by atoms with Gasteiger partial charge in [0.25, 0.3) is 0 Å². The lowest BCUT2D eigenvalue weighted by Gasteiger charge is -2.19. The zero-order chi connectivity index (χ0) is 10.9. The predicted molar refractivity (Wildman–Crippen MR) is 64.9 cm³/mol. The van der Waals surface area contributed by atoms with E-state index in [4.69, 9.17) is 0 Å². The van der Waals surface area contributed by atoms with E-state index in [1.54, 1.807) is 0 Å². The van der Waals surface area contributed by atoms with Gasteiger partial charge in [0.05, 0.1) is 0 Å². The van der Waals surface area contributed by atoms with E-state index in [0.717, 1.165) is 6.54 Å². The van der Waals surface area contributed by atoms with Crippen molar-refractivity contribution in [1.82, 2.24) is 4.90 Å². The molecule has 1 aromatic carbocycles. The zero-order valence-corrected chi connectivity index (χ0v) is 10.1. The molecule has 0 bridgehead atoms. The van der Waals surface area contributed by atoms with E-state index in [1.807, 2.05) is 0 Å². The first-order valence-corrected chi connectivity index (χ1v) is 5.83. The Morgan fingerprint density at radius 1 is 1.20 bits per heavy atom. The Morgan fingerprint density at radius 2 is 1.87 bits per heavy atom. The fourth-order valence-electron chi connectivity index (χ4n) is 2.31. The number of rotatable bonds is 2. The molecule has 0 unspecified atom stereocenters. The highest BCUT2D eigenvalue weighted by Gasteiger charge is 2.28. The molecule has 1 heterocycles. The third kappa shape index (κ3) is 2.82. The van der Waals surface area contributed by atoms with Gasteiger partial charge in [-0.1, -0.05) is 43.7 Å². The first kappa shape index (κ1) is 10.7. The lowest BCUT2D eigenvalue weighted by atomic mass is 9.93. The lowest BCUT2D eigenvalue weighted by Crippen LogP contribution is -2.22. The van der Waals surface area contributed by atoms with Gasteiger partial charge in [-0.2, -0.15) is 0 Å². The van der Waals surface area contributed by atoms with Crippen molar-refractivity contribution < 1.29 is 0 Å². The van der Waals surface area contributed by atoms with Gasteiger partial charge >= 0.3 is 0 Å². The largest absolute Gasteiger partial charge is 0.299 e. The predicted octanol–water partition coefficient (Wildman–Crippen LogP) is 3.23. The fraction of sp³-hybridized carbons (Fsp3) is 0.571. The van der Waals surface area contributed by atoms with Crippen LogP contribution >= 0.6 is 0 Å². The van der Waals surface area contributed by atoms with E-state index in [-0.39, 0.29) is 0 Å². The van der Waals surface area contributed by atoms with Crippen LogP contribution in [-0.4, -0.2) is 18.0 Å². The molecule has 0 radical (unpaired) electrons. The maximum absolute atomic E-state index is 2.56. The summed E-state index contributed by atoms with van der Waals surface area (Å²) in [7, 11) is 0. The van der Waals surface area contributed by atoms with Crippen LogP contribution in [0.5, 0.6) is 0 Å². The van der Waals surface area contributed by atoms with Gasteiger partial charge in [0.15, 0.2) is 0 Å². The second kappa shape index (κ2) is 3.97. The Morgan fingerprint density at radius 3 is 2.40 bits per heavy atom. The molecule has 1 aliphatic rings. The average Bonchev–Trinajstić information content (AvgIpc) is 2.50. The minimum atomic E-state index is 0.519. The van der Waals surface area contributed by atoms with Crippen LogP contribution in [0.25, 0.3) is 0 Å². The highest BCUT2D eigenvalue weighted by atomic mass is 15.1. The van der Waals surface area contributed by atoms with Gasteiger partial charge in [-0.3, -0.25) is 4.90 Å². The molecule has 0 spiro atoms. The van der Waals surface area contributed by atoms with Crippen molar-refractivity contribution in [3.8, 4) is 0 Å². The fourth-order valence-corrected chi connectivity index (χ4v) is 2.31. The highest BCUT2D eigenvalue weighted by Crippen LogP contribution is 2.29. The molecule has 2 rings (SSSR count). The van der Waals surface area contributed by atoms with Crippen LogP contribution in [-0.2, 0) is 6.54 Å². The van der Waals surface area contributed by atoms with Gasteiger partial charge in [-0.25, -0.2) is 0 Å². The normalized spacial score (nSPS) is 20.7. The van der Waals surface area contributed by atoms with Crippen LogP contribution in [0.15, 0.2) is 24.3 Å². The van der Waals surface area contributed by atoms with Gasteiger partial charge in [0.2, 0.25) is 0 Å². The second-order valence-corrected chi connectivity index (χ2v) is 5.61. The van der Waals surface area contributed by atoms with Crippen molar-refractivity contribution in [3.63, 3.8) is 0 Å². The molecule has 1 saturated heterocycles. The summed E-state index contributed by atoms with van der Waals surface area (Å²) in [6.45, 7) is 10.5. The van der Waals surface area contributed by atoms with Crippen LogP contribution in [0, 0.1) is 12.3 Å². The number of nitrogens with zero attached hydrogens (tertiary/aromatic N) is 1. The average molecular weight is 203 g/mol. The summed E-state index contributed by atoms with van der Waals surface area (Å²) in [5.74, 6) is 0. The number of aryl methyl sites for hydroxylation is 1. The van der Waals surface area contributed by atoms with Gasteiger partial charge in [0, 0.05) is 13.1 Å². The second-order valence-electron chi connectivity index (χ2n) is 5.61. The summed E-state index contributed by atoms with van der Waals surface area (Å²) >= 11 is 0. The van der Waals surface area contributed by atoms with Crippen LogP contribution in [0.1, 0.15) is 31.4 Å². The van der Waals surface area contributed by atoms with E-state index in [9.17, 15) is 0 Å². The Labute approximate surface area is 93.1 Å². The molecule has 1 aromatic rings. The van der Waals surface area contributed by atoms with Crippen LogP contribution in [0.3, 0.4) is 0 Å². The first-order valence-electron chi connectivity index (χ1n) is 5.83. The first-order chi connectivity index (χ1) is 7.05. The summed E-state index contributed by atoms with van der Waals surface area (Å²) in [5.41, 5.74) is 3.31. The summed E-state index contributed by atoms with van der Waals surface area (Å²) in [6.07, 6.45) is 1.33. The molecule has 0 amide bonds. The van der Waals surface area contributed by atoms with Crippen molar-refractivity contribution in [1.29, 1.82) is 0 Å². The maximum Gasteiger partial charge on any atom is 0.0233 e. The number of benzene rings is 1. The molecule has 1 heteroatoms. The smallest absolute Gasteiger partial charge is 0.0233 e. The van der Waals surface area contributed by atoms with Crippen LogP contribution in [0.4, 0.5) is 0 Å². The maximum atomic E-state index is 2.56. The molecule has 15 heavy (non-hydrogen) atoms. The van der Waals surface area contributed by atoms with Crippen LogP contribution < -0.4 is 0 Å². The molecule has 1 aliphatic heterocycles. The highest BCUT2D eigenvalue weighted by molar-refractivity contribution is 5.21. The Kier molecular flexibility index (Phi) is 2.83. The summed E-state index contributed by atoms with van der Waals surface area (Å²) in [5, 5.41) is 0. The zero-order valence-electron chi connectivity index (χ0n) is 10.1. The minimum Gasteiger partial charge on any atom is -0.299 e. The molecule has 0 aromatic heterocycles.